The smallest absolute Gasteiger partial charge is 0.213 e. The number of para-hydroxylation sites is 2. The highest BCUT2D eigenvalue weighted by atomic mass is 32.2. The molecular weight excluding hydrogens is 366 g/mol. The van der Waals surface area contributed by atoms with Crippen LogP contribution < -0.4 is 14.2 Å². The quantitative estimate of drug-likeness (QED) is 0.641. The Bertz CT molecular complexity index is 1030. The molecule has 1 N–H and O–H groups in total. The molecule has 144 valence electrons. The van der Waals surface area contributed by atoms with E-state index >= 15 is 0 Å². The van der Waals surface area contributed by atoms with Crippen LogP contribution in [0.3, 0.4) is 0 Å². The zero-order valence-electron chi connectivity index (χ0n) is 15.5. The van der Waals surface area contributed by atoms with Gasteiger partial charge in [0.05, 0.1) is 37.3 Å². The van der Waals surface area contributed by atoms with E-state index in [0.717, 1.165) is 11.0 Å². The topological polar surface area (TPSA) is 82.5 Å². The van der Waals surface area contributed by atoms with E-state index in [1.165, 1.54) is 0 Å². The Morgan fingerprint density at radius 1 is 1.15 bits per heavy atom. The van der Waals surface area contributed by atoms with Gasteiger partial charge in [-0.05, 0) is 37.3 Å². The summed E-state index contributed by atoms with van der Waals surface area (Å²) in [6, 6.07) is 12.5. The van der Waals surface area contributed by atoms with Gasteiger partial charge in [0.15, 0.2) is 0 Å². The molecule has 0 aliphatic carbocycles. The Balaban J connectivity index is 1.72. The third-order valence-corrected chi connectivity index (χ3v) is 5.82. The molecule has 27 heavy (non-hydrogen) atoms. The van der Waals surface area contributed by atoms with Crippen LogP contribution in [0.1, 0.15) is 18.5 Å². The summed E-state index contributed by atoms with van der Waals surface area (Å²) in [5.41, 5.74) is 2.47. The van der Waals surface area contributed by atoms with E-state index in [-0.39, 0.29) is 5.75 Å². The van der Waals surface area contributed by atoms with E-state index in [2.05, 4.69) is 9.71 Å². The second-order valence-corrected chi connectivity index (χ2v) is 8.07. The molecule has 3 rings (SSSR count). The van der Waals surface area contributed by atoms with Crippen molar-refractivity contribution < 1.29 is 17.9 Å². The fraction of sp³-hybridized carbons (Fsp3) is 0.316. The SMILES string of the molecule is COc1ccc(OC)c(C(C)NS(=O)(=O)CCn2cnc3ccccc32)c1. The molecule has 0 aliphatic heterocycles. The molecule has 0 fully saturated rings. The molecule has 2 aromatic carbocycles. The minimum absolute atomic E-state index is 0.0516. The summed E-state index contributed by atoms with van der Waals surface area (Å²) < 4.78 is 40.3. The number of hydrogen-bond donors (Lipinski definition) is 1. The van der Waals surface area contributed by atoms with Gasteiger partial charge in [0, 0.05) is 18.2 Å². The van der Waals surface area contributed by atoms with E-state index in [1.807, 2.05) is 28.8 Å². The molecule has 1 heterocycles. The second kappa shape index (κ2) is 7.98. The number of aromatic nitrogens is 2. The Labute approximate surface area is 159 Å². The Morgan fingerprint density at radius 3 is 2.67 bits per heavy atom. The van der Waals surface area contributed by atoms with Crippen LogP contribution in [0.4, 0.5) is 0 Å². The van der Waals surface area contributed by atoms with Gasteiger partial charge in [-0.3, -0.25) is 0 Å². The number of nitrogens with one attached hydrogen (secondary N) is 1. The number of benzene rings is 2. The molecule has 7 nitrogen and oxygen atoms in total. The van der Waals surface area contributed by atoms with E-state index in [4.69, 9.17) is 9.47 Å². The Morgan fingerprint density at radius 2 is 1.93 bits per heavy atom. The van der Waals surface area contributed by atoms with Crippen molar-refractivity contribution in [3.05, 3.63) is 54.4 Å². The highest BCUT2D eigenvalue weighted by Gasteiger charge is 2.19. The fourth-order valence-corrected chi connectivity index (χ4v) is 4.20. The number of rotatable bonds is 8. The average Bonchev–Trinajstić information content (AvgIpc) is 3.09. The van der Waals surface area contributed by atoms with Crippen LogP contribution in [-0.2, 0) is 16.6 Å². The normalized spacial score (nSPS) is 12.9. The first-order valence-electron chi connectivity index (χ1n) is 8.55. The first kappa shape index (κ1) is 19.2. The van der Waals surface area contributed by atoms with Gasteiger partial charge in [0.2, 0.25) is 10.0 Å². The number of nitrogens with zero attached hydrogens (tertiary/aromatic N) is 2. The molecule has 1 aromatic heterocycles. The third-order valence-electron chi connectivity index (χ3n) is 4.39. The lowest BCUT2D eigenvalue weighted by atomic mass is 10.1. The van der Waals surface area contributed by atoms with Crippen LogP contribution in [0.2, 0.25) is 0 Å². The molecule has 0 amide bonds. The second-order valence-electron chi connectivity index (χ2n) is 6.19. The lowest BCUT2D eigenvalue weighted by molar-refractivity contribution is 0.395. The van der Waals surface area contributed by atoms with Crippen molar-refractivity contribution in [1.82, 2.24) is 14.3 Å². The summed E-state index contributed by atoms with van der Waals surface area (Å²) in [7, 11) is -0.396. The first-order valence-corrected chi connectivity index (χ1v) is 10.2. The minimum atomic E-state index is -3.51. The maximum Gasteiger partial charge on any atom is 0.213 e. The summed E-state index contributed by atoms with van der Waals surface area (Å²) in [4.78, 5) is 4.29. The van der Waals surface area contributed by atoms with Crippen LogP contribution >= 0.6 is 0 Å². The summed E-state index contributed by atoms with van der Waals surface area (Å²) in [6.07, 6.45) is 1.66. The minimum Gasteiger partial charge on any atom is -0.497 e. The first-order chi connectivity index (χ1) is 12.9. The third kappa shape index (κ3) is 4.40. The molecule has 1 unspecified atom stereocenters. The highest BCUT2D eigenvalue weighted by molar-refractivity contribution is 7.89. The number of fused-ring (bicyclic) bond motifs is 1. The summed E-state index contributed by atoms with van der Waals surface area (Å²) in [5, 5.41) is 0. The standard InChI is InChI=1S/C19H23N3O4S/c1-14(16-12-15(25-2)8-9-19(16)26-3)21-27(23,24)11-10-22-13-20-17-6-4-5-7-18(17)22/h4-9,12-14,21H,10-11H2,1-3H3. The van der Waals surface area contributed by atoms with Crippen molar-refractivity contribution in [2.24, 2.45) is 0 Å². The van der Waals surface area contributed by atoms with Gasteiger partial charge >= 0.3 is 0 Å². The number of imidazole rings is 1. The summed E-state index contributed by atoms with van der Waals surface area (Å²) in [6.45, 7) is 2.10. The van der Waals surface area contributed by atoms with Crippen molar-refractivity contribution in [2.45, 2.75) is 19.5 Å². The van der Waals surface area contributed by atoms with Gasteiger partial charge in [-0.2, -0.15) is 0 Å². The van der Waals surface area contributed by atoms with Crippen LogP contribution in [0.5, 0.6) is 11.5 Å². The molecular formula is C19H23N3O4S. The molecule has 0 bridgehead atoms. The predicted octanol–water partition coefficient (Wildman–Crippen LogP) is 2.73. The molecule has 0 saturated heterocycles. The van der Waals surface area contributed by atoms with Crippen LogP contribution in [0.15, 0.2) is 48.8 Å². The number of methoxy groups -OCH3 is 2. The van der Waals surface area contributed by atoms with Crippen molar-refractivity contribution in [3.8, 4) is 11.5 Å². The fourth-order valence-electron chi connectivity index (χ4n) is 2.98. The number of ether oxygens (including phenoxy) is 2. The largest absolute Gasteiger partial charge is 0.497 e. The van der Waals surface area contributed by atoms with Crippen LogP contribution in [0.25, 0.3) is 11.0 Å². The molecule has 8 heteroatoms. The molecule has 1 atom stereocenters. The number of sulfonamides is 1. The molecule has 0 aliphatic rings. The summed E-state index contributed by atoms with van der Waals surface area (Å²) >= 11 is 0. The average molecular weight is 389 g/mol. The van der Waals surface area contributed by atoms with Gasteiger partial charge < -0.3 is 14.0 Å². The zero-order valence-corrected chi connectivity index (χ0v) is 16.4. The van der Waals surface area contributed by atoms with Crippen molar-refractivity contribution in [1.29, 1.82) is 0 Å². The molecule has 0 saturated carbocycles. The van der Waals surface area contributed by atoms with Gasteiger partial charge in [-0.15, -0.1) is 0 Å². The van der Waals surface area contributed by atoms with E-state index in [1.54, 1.807) is 45.7 Å². The Hall–Kier alpha value is -2.58. The maximum atomic E-state index is 12.6. The van der Waals surface area contributed by atoms with E-state index in [0.29, 0.717) is 23.6 Å². The van der Waals surface area contributed by atoms with Gasteiger partial charge in [0.25, 0.3) is 0 Å². The molecule has 0 spiro atoms. The molecule has 3 aromatic rings. The van der Waals surface area contributed by atoms with Crippen molar-refractivity contribution in [3.63, 3.8) is 0 Å². The lowest BCUT2D eigenvalue weighted by Crippen LogP contribution is -2.31. The van der Waals surface area contributed by atoms with E-state index in [9.17, 15) is 8.42 Å². The van der Waals surface area contributed by atoms with E-state index < -0.39 is 16.1 Å². The summed E-state index contributed by atoms with van der Waals surface area (Å²) in [5.74, 6) is 1.19. The monoisotopic (exact) mass is 389 g/mol. The highest BCUT2D eigenvalue weighted by Crippen LogP contribution is 2.29. The van der Waals surface area contributed by atoms with Crippen molar-refractivity contribution >= 4 is 21.1 Å². The van der Waals surface area contributed by atoms with Crippen LogP contribution in [-0.4, -0.2) is 37.9 Å². The van der Waals surface area contributed by atoms with Crippen molar-refractivity contribution in [2.75, 3.05) is 20.0 Å². The maximum absolute atomic E-state index is 12.6. The zero-order chi connectivity index (χ0) is 19.4. The lowest BCUT2D eigenvalue weighted by Gasteiger charge is -2.18. The predicted molar refractivity (Wildman–Crippen MR) is 105 cm³/mol. The van der Waals surface area contributed by atoms with Crippen LogP contribution in [0, 0.1) is 0 Å². The van der Waals surface area contributed by atoms with Gasteiger partial charge in [-0.25, -0.2) is 18.1 Å². The Kier molecular flexibility index (Phi) is 5.67. The van der Waals surface area contributed by atoms with Gasteiger partial charge in [0.1, 0.15) is 11.5 Å². The van der Waals surface area contributed by atoms with Gasteiger partial charge in [-0.1, -0.05) is 12.1 Å². The number of aryl methyl sites for hydroxylation is 1. The number of hydrogen-bond acceptors (Lipinski definition) is 5. The molecule has 0 radical (unpaired) electrons.